The van der Waals surface area contributed by atoms with Crippen LogP contribution in [0.2, 0.25) is 5.28 Å². The van der Waals surface area contributed by atoms with Crippen molar-refractivity contribution in [2.45, 2.75) is 13.0 Å². The van der Waals surface area contributed by atoms with E-state index in [-0.39, 0.29) is 11.1 Å². The first-order chi connectivity index (χ1) is 9.75. The van der Waals surface area contributed by atoms with Gasteiger partial charge in [-0.15, -0.1) is 0 Å². The first-order valence-electron chi connectivity index (χ1n) is 6.39. The highest BCUT2D eigenvalue weighted by Gasteiger charge is 2.28. The van der Waals surface area contributed by atoms with Crippen molar-refractivity contribution in [1.82, 2.24) is 14.5 Å². The second kappa shape index (κ2) is 4.15. The maximum absolute atomic E-state index is 12.2. The molecule has 0 saturated carbocycles. The lowest BCUT2D eigenvalue weighted by Crippen LogP contribution is -1.97. The van der Waals surface area contributed by atoms with E-state index in [1.165, 1.54) is 0 Å². The Bertz CT molecular complexity index is 853. The van der Waals surface area contributed by atoms with E-state index in [0.717, 1.165) is 28.7 Å². The molecule has 0 N–H and O–H groups in total. The maximum Gasteiger partial charge on any atom is 0.222 e. The van der Waals surface area contributed by atoms with Crippen LogP contribution in [0.3, 0.4) is 0 Å². The summed E-state index contributed by atoms with van der Waals surface area (Å²) < 4.78 is 2.07. The number of nitrogens with zero attached hydrogens (tertiary/aromatic N) is 3. The molecule has 0 atom stereocenters. The Balaban J connectivity index is 2.13. The lowest BCUT2D eigenvalue weighted by atomic mass is 10.0. The Kier molecular flexibility index (Phi) is 2.41. The van der Waals surface area contributed by atoms with Crippen LogP contribution in [0, 0.1) is 0 Å². The van der Waals surface area contributed by atoms with Gasteiger partial charge in [-0.2, -0.15) is 0 Å². The van der Waals surface area contributed by atoms with Gasteiger partial charge >= 0.3 is 0 Å². The molecule has 0 unspecified atom stereocenters. The van der Waals surface area contributed by atoms with Crippen molar-refractivity contribution in [3.8, 4) is 11.3 Å². The summed E-state index contributed by atoms with van der Waals surface area (Å²) in [6, 6.07) is 9.78. The molecule has 0 saturated heterocycles. The number of fused-ring (bicyclic) bond motifs is 3. The van der Waals surface area contributed by atoms with E-state index in [1.54, 1.807) is 12.3 Å². The van der Waals surface area contributed by atoms with Gasteiger partial charge in [-0.25, -0.2) is 9.97 Å². The molecule has 4 nitrogen and oxygen atoms in total. The third-order valence-electron chi connectivity index (χ3n) is 3.68. The monoisotopic (exact) mass is 283 g/mol. The highest BCUT2D eigenvalue weighted by Crippen LogP contribution is 2.37. The summed E-state index contributed by atoms with van der Waals surface area (Å²) in [5, 5.41) is 1.22. The summed E-state index contributed by atoms with van der Waals surface area (Å²) in [4.78, 5) is 20.4. The number of carbonyl (C=O) groups is 1. The van der Waals surface area contributed by atoms with E-state index in [4.69, 9.17) is 11.6 Å². The Morgan fingerprint density at radius 1 is 1.20 bits per heavy atom. The van der Waals surface area contributed by atoms with Crippen LogP contribution in [0.25, 0.3) is 22.2 Å². The van der Waals surface area contributed by atoms with Crippen LogP contribution < -0.4 is 0 Å². The topological polar surface area (TPSA) is 47.8 Å². The van der Waals surface area contributed by atoms with E-state index in [0.29, 0.717) is 12.1 Å². The van der Waals surface area contributed by atoms with Crippen molar-refractivity contribution in [2.75, 3.05) is 0 Å². The Morgan fingerprint density at radius 2 is 2.05 bits per heavy atom. The van der Waals surface area contributed by atoms with Crippen molar-refractivity contribution in [3.63, 3.8) is 0 Å². The first kappa shape index (κ1) is 11.6. The van der Waals surface area contributed by atoms with Gasteiger partial charge in [0.2, 0.25) is 5.28 Å². The number of aryl methyl sites for hydroxylation is 1. The van der Waals surface area contributed by atoms with Crippen molar-refractivity contribution in [2.24, 2.45) is 0 Å². The Morgan fingerprint density at radius 3 is 2.90 bits per heavy atom. The summed E-state index contributed by atoms with van der Waals surface area (Å²) in [6.45, 7) is 0.730. The normalized spacial score (nSPS) is 13.9. The van der Waals surface area contributed by atoms with Gasteiger partial charge < -0.3 is 4.57 Å². The summed E-state index contributed by atoms with van der Waals surface area (Å²) >= 11 is 5.89. The minimum Gasteiger partial charge on any atom is -0.337 e. The lowest BCUT2D eigenvalue weighted by molar-refractivity contribution is 0.0995. The van der Waals surface area contributed by atoms with Gasteiger partial charge in [0.1, 0.15) is 0 Å². The highest BCUT2D eigenvalue weighted by molar-refractivity contribution is 6.28. The third-order valence-corrected chi connectivity index (χ3v) is 3.86. The average Bonchev–Trinajstić information content (AvgIpc) is 2.98. The molecule has 98 valence electrons. The Labute approximate surface area is 120 Å². The molecule has 2 aromatic heterocycles. The standard InChI is InChI=1S/C15H10ClN3O/c16-15-17-7-5-10(18-15)13-9-3-1-2-4-11(9)19-8-6-12(20)14(13)19/h1-5,7H,6,8H2. The molecular weight excluding hydrogens is 274 g/mol. The van der Waals surface area contributed by atoms with Gasteiger partial charge in [0.25, 0.3) is 0 Å². The van der Waals surface area contributed by atoms with Gasteiger partial charge in [0.15, 0.2) is 5.78 Å². The molecule has 0 bridgehead atoms. The Hall–Kier alpha value is -2.20. The number of carbonyl (C=O) groups excluding carboxylic acids is 1. The smallest absolute Gasteiger partial charge is 0.222 e. The zero-order valence-electron chi connectivity index (χ0n) is 10.5. The molecule has 5 heteroatoms. The molecule has 0 radical (unpaired) electrons. The van der Waals surface area contributed by atoms with E-state index >= 15 is 0 Å². The van der Waals surface area contributed by atoms with Crippen LogP contribution in [0.15, 0.2) is 36.5 Å². The number of ketones is 1. The van der Waals surface area contributed by atoms with Crippen LogP contribution in [0.1, 0.15) is 16.9 Å². The van der Waals surface area contributed by atoms with E-state index in [1.807, 2.05) is 24.3 Å². The first-order valence-corrected chi connectivity index (χ1v) is 6.77. The van der Waals surface area contributed by atoms with Gasteiger partial charge in [-0.1, -0.05) is 18.2 Å². The fraction of sp³-hybridized carbons (Fsp3) is 0.133. The number of para-hydroxylation sites is 1. The number of benzene rings is 1. The van der Waals surface area contributed by atoms with Crippen molar-refractivity contribution < 1.29 is 4.79 Å². The summed E-state index contributed by atoms with van der Waals surface area (Å²) in [5.41, 5.74) is 3.37. The van der Waals surface area contributed by atoms with Gasteiger partial charge in [-0.05, 0) is 23.7 Å². The van der Waals surface area contributed by atoms with E-state index < -0.39 is 0 Å². The maximum atomic E-state index is 12.2. The molecule has 1 aliphatic rings. The predicted octanol–water partition coefficient (Wildman–Crippen LogP) is 3.34. The van der Waals surface area contributed by atoms with Crippen LogP contribution in [0.4, 0.5) is 0 Å². The lowest BCUT2D eigenvalue weighted by Gasteiger charge is -2.01. The number of rotatable bonds is 1. The minimum absolute atomic E-state index is 0.158. The number of halogens is 1. The van der Waals surface area contributed by atoms with E-state index in [2.05, 4.69) is 14.5 Å². The molecule has 0 fully saturated rings. The number of aromatic nitrogens is 3. The van der Waals surface area contributed by atoms with Crippen LogP contribution in [-0.2, 0) is 6.54 Å². The van der Waals surface area contributed by atoms with E-state index in [9.17, 15) is 4.79 Å². The minimum atomic E-state index is 0.158. The van der Waals surface area contributed by atoms with Gasteiger partial charge in [0, 0.05) is 35.6 Å². The molecule has 3 aromatic rings. The molecular formula is C15H10ClN3O. The molecule has 3 heterocycles. The van der Waals surface area contributed by atoms with Gasteiger partial charge in [0.05, 0.1) is 11.4 Å². The van der Waals surface area contributed by atoms with Crippen LogP contribution >= 0.6 is 11.6 Å². The largest absolute Gasteiger partial charge is 0.337 e. The van der Waals surface area contributed by atoms with Crippen molar-refractivity contribution in [1.29, 1.82) is 0 Å². The number of hydrogen-bond donors (Lipinski definition) is 0. The zero-order valence-corrected chi connectivity index (χ0v) is 11.3. The van der Waals surface area contributed by atoms with Crippen molar-refractivity contribution in [3.05, 3.63) is 47.5 Å². The van der Waals surface area contributed by atoms with Crippen LogP contribution in [-0.4, -0.2) is 20.3 Å². The fourth-order valence-electron chi connectivity index (χ4n) is 2.89. The molecule has 4 rings (SSSR count). The van der Waals surface area contributed by atoms with Crippen LogP contribution in [0.5, 0.6) is 0 Å². The van der Waals surface area contributed by atoms with Gasteiger partial charge in [-0.3, -0.25) is 4.79 Å². The molecule has 1 aromatic carbocycles. The second-order valence-electron chi connectivity index (χ2n) is 4.78. The fourth-order valence-corrected chi connectivity index (χ4v) is 3.04. The number of Topliss-reactive ketones (excluding diaryl/α,β-unsaturated/α-hetero) is 1. The number of hydrogen-bond acceptors (Lipinski definition) is 3. The summed E-state index contributed by atoms with van der Waals surface area (Å²) in [7, 11) is 0. The quantitative estimate of drug-likeness (QED) is 0.644. The molecule has 0 amide bonds. The summed E-state index contributed by atoms with van der Waals surface area (Å²) in [6.07, 6.45) is 2.16. The predicted molar refractivity (Wildman–Crippen MR) is 76.9 cm³/mol. The average molecular weight is 284 g/mol. The SMILES string of the molecule is O=C1CCn2c1c(-c1ccnc(Cl)n1)c1ccccc12. The van der Waals surface area contributed by atoms with Crippen molar-refractivity contribution >= 4 is 28.3 Å². The molecule has 0 spiro atoms. The zero-order chi connectivity index (χ0) is 13.7. The third kappa shape index (κ3) is 1.51. The molecule has 1 aliphatic heterocycles. The molecule has 0 aliphatic carbocycles. The highest BCUT2D eigenvalue weighted by atomic mass is 35.5. The molecule has 20 heavy (non-hydrogen) atoms. The summed E-state index contributed by atoms with van der Waals surface area (Å²) in [5.74, 6) is 0.158. The second-order valence-corrected chi connectivity index (χ2v) is 5.11.